The highest BCUT2D eigenvalue weighted by Crippen LogP contribution is 2.43. The molecular weight excluding hydrogens is 681 g/mol. The molecule has 0 saturated heterocycles. The lowest BCUT2D eigenvalue weighted by Crippen LogP contribution is -2.70. The Kier molecular flexibility index (Phi) is 5.68. The average molecular weight is 713 g/mol. The van der Waals surface area contributed by atoms with Crippen LogP contribution in [0.5, 0.6) is 0 Å². The second-order valence-corrected chi connectivity index (χ2v) is 18.9. The summed E-state index contributed by atoms with van der Waals surface area (Å²) < 4.78 is 4.97. The van der Waals surface area contributed by atoms with Crippen molar-refractivity contribution in [1.29, 1.82) is 0 Å². The molecule has 2 aliphatic heterocycles. The third-order valence-electron chi connectivity index (χ3n) is 12.7. The van der Waals surface area contributed by atoms with E-state index in [0.29, 0.717) is 0 Å². The van der Waals surface area contributed by atoms with Gasteiger partial charge in [0.2, 0.25) is 0 Å². The molecule has 2 aliphatic rings. The summed E-state index contributed by atoms with van der Waals surface area (Å²) in [5, 5.41) is 13.7. The molecule has 1 spiro atoms. The highest BCUT2D eigenvalue weighted by Gasteiger charge is 2.53. The minimum atomic E-state index is -2.49. The topological polar surface area (TPSA) is 9.86 Å². The minimum absolute atomic E-state index is 1.18. The molecule has 3 heteroatoms. The van der Waals surface area contributed by atoms with E-state index in [-0.39, 0.29) is 0 Å². The van der Waals surface area contributed by atoms with Gasteiger partial charge in [-0.3, -0.25) is 0 Å². The van der Waals surface area contributed by atoms with Gasteiger partial charge in [-0.1, -0.05) is 146 Å². The fourth-order valence-electron chi connectivity index (χ4n) is 10.6. The quantitative estimate of drug-likeness (QED) is 0.158. The summed E-state index contributed by atoms with van der Waals surface area (Å²) in [5.74, 6) is 0. The summed E-state index contributed by atoms with van der Waals surface area (Å²) >= 11 is 0. The van der Waals surface area contributed by atoms with Crippen LogP contribution >= 0.6 is 0 Å². The molecule has 0 amide bonds. The number of benzene rings is 9. The first kappa shape index (κ1) is 29.5. The summed E-state index contributed by atoms with van der Waals surface area (Å²) in [7, 11) is -2.49. The largest absolute Gasteiger partial charge is 0.309 e. The molecule has 2 nitrogen and oxygen atoms in total. The normalized spacial score (nSPS) is 13.6. The Morgan fingerprint density at radius 2 is 0.727 bits per heavy atom. The highest BCUT2D eigenvalue weighted by molar-refractivity contribution is 7.24. The molecule has 13 rings (SSSR count). The predicted octanol–water partition coefficient (Wildman–Crippen LogP) is 10.4. The van der Waals surface area contributed by atoms with Crippen molar-refractivity contribution in [1.82, 2.24) is 9.13 Å². The lowest BCUT2D eigenvalue weighted by molar-refractivity contribution is 1.18. The molecule has 2 aromatic heterocycles. The van der Waals surface area contributed by atoms with Crippen LogP contribution in [-0.2, 0) is 0 Å². The van der Waals surface area contributed by atoms with Crippen molar-refractivity contribution >= 4 is 83.2 Å². The lowest BCUT2D eigenvalue weighted by atomic mass is 10.0. The molecule has 0 saturated carbocycles. The van der Waals surface area contributed by atoms with Gasteiger partial charge in [0.25, 0.3) is 0 Å². The van der Waals surface area contributed by atoms with E-state index in [1.54, 1.807) is 0 Å². The maximum atomic E-state index is 2.51. The molecule has 0 unspecified atom stereocenters. The van der Waals surface area contributed by atoms with Crippen molar-refractivity contribution in [3.05, 3.63) is 194 Å². The maximum absolute atomic E-state index is 2.51. The molecule has 0 bridgehead atoms. The second kappa shape index (κ2) is 10.6. The first-order valence-corrected chi connectivity index (χ1v) is 21.2. The summed E-state index contributed by atoms with van der Waals surface area (Å²) in [6, 6.07) is 73.1. The summed E-state index contributed by atoms with van der Waals surface area (Å²) in [5.41, 5.74) is 12.8. The van der Waals surface area contributed by atoms with E-state index < -0.39 is 8.07 Å². The SMILES string of the molecule is c1ccc2c(c1)-c1ccccc1[Si]21c2ccccc2-c2cc(-n3c4ccccc4c4c5c6ccccc6n(-c6ccc7ccccc7c6)c5ccc43)ccc21. The van der Waals surface area contributed by atoms with Crippen LogP contribution in [0.3, 0.4) is 0 Å². The Morgan fingerprint density at radius 3 is 1.33 bits per heavy atom. The highest BCUT2D eigenvalue weighted by atomic mass is 28.3. The van der Waals surface area contributed by atoms with Gasteiger partial charge in [-0.25, -0.2) is 0 Å². The van der Waals surface area contributed by atoms with Crippen molar-refractivity contribution in [2.24, 2.45) is 0 Å². The number of rotatable bonds is 2. The Bertz CT molecular complexity index is 3410. The number of aromatic nitrogens is 2. The van der Waals surface area contributed by atoms with Crippen molar-refractivity contribution in [2.45, 2.75) is 0 Å². The Hall–Kier alpha value is -6.94. The van der Waals surface area contributed by atoms with Crippen molar-refractivity contribution in [3.8, 4) is 33.6 Å². The van der Waals surface area contributed by atoms with Crippen LogP contribution < -0.4 is 20.7 Å². The van der Waals surface area contributed by atoms with E-state index >= 15 is 0 Å². The zero-order chi connectivity index (χ0) is 35.8. The van der Waals surface area contributed by atoms with Gasteiger partial charge in [-0.2, -0.15) is 0 Å². The van der Waals surface area contributed by atoms with Gasteiger partial charge in [0, 0.05) is 32.9 Å². The van der Waals surface area contributed by atoms with Gasteiger partial charge in [0.1, 0.15) is 0 Å². The van der Waals surface area contributed by atoms with Gasteiger partial charge < -0.3 is 9.13 Å². The van der Waals surface area contributed by atoms with Crippen LogP contribution in [0.4, 0.5) is 0 Å². The number of fused-ring (bicyclic) bond motifs is 18. The predicted molar refractivity (Wildman–Crippen MR) is 234 cm³/mol. The van der Waals surface area contributed by atoms with Gasteiger partial charge in [0.05, 0.1) is 22.1 Å². The molecule has 0 radical (unpaired) electrons. The number of hydrogen-bond donors (Lipinski definition) is 0. The van der Waals surface area contributed by atoms with Crippen LogP contribution in [0.15, 0.2) is 194 Å². The first-order chi connectivity index (χ1) is 27.3. The van der Waals surface area contributed by atoms with Crippen LogP contribution in [0.2, 0.25) is 0 Å². The number of hydrogen-bond acceptors (Lipinski definition) is 0. The monoisotopic (exact) mass is 712 g/mol. The molecule has 0 N–H and O–H groups in total. The standard InChI is InChI=1S/C52H32N2Si/c1-2-14-34-31-35(26-25-33(34)13-1)53-43-20-8-3-18-40(43)51-45(53)28-29-46-52(51)41-19-4-9-21-44(41)54(46)36-27-30-50-42(32-36)39-17-7-12-24-49(39)55(50)47-22-10-5-15-37(47)38-16-6-11-23-48(38)55/h1-32H. The average Bonchev–Trinajstić information content (AvgIpc) is 3.95. The van der Waals surface area contributed by atoms with E-state index in [0.717, 1.165) is 0 Å². The molecule has 11 aromatic rings. The van der Waals surface area contributed by atoms with E-state index in [4.69, 9.17) is 0 Å². The molecule has 0 atom stereocenters. The maximum Gasteiger partial charge on any atom is 0.182 e. The van der Waals surface area contributed by atoms with Gasteiger partial charge >= 0.3 is 0 Å². The van der Waals surface area contributed by atoms with Gasteiger partial charge in [-0.05, 0) is 102 Å². The van der Waals surface area contributed by atoms with E-state index in [2.05, 4.69) is 203 Å². The fraction of sp³-hybridized carbons (Fsp3) is 0. The summed E-state index contributed by atoms with van der Waals surface area (Å²) in [6.45, 7) is 0. The first-order valence-electron chi connectivity index (χ1n) is 19.2. The second-order valence-electron chi connectivity index (χ2n) is 15.2. The van der Waals surface area contributed by atoms with E-state index in [9.17, 15) is 0 Å². The van der Waals surface area contributed by atoms with Crippen LogP contribution in [0.25, 0.3) is 88.0 Å². The zero-order valence-electron chi connectivity index (χ0n) is 29.9. The van der Waals surface area contributed by atoms with Gasteiger partial charge in [0.15, 0.2) is 8.07 Å². The molecule has 254 valence electrons. The number of para-hydroxylation sites is 2. The number of nitrogens with zero attached hydrogens (tertiary/aromatic N) is 2. The van der Waals surface area contributed by atoms with Crippen molar-refractivity contribution < 1.29 is 0 Å². The van der Waals surface area contributed by atoms with Crippen molar-refractivity contribution in [2.75, 3.05) is 0 Å². The fourth-order valence-corrected chi connectivity index (χ4v) is 16.2. The smallest absolute Gasteiger partial charge is 0.182 e. The van der Waals surface area contributed by atoms with Crippen LogP contribution in [-0.4, -0.2) is 17.2 Å². The van der Waals surface area contributed by atoms with Crippen LogP contribution in [0, 0.1) is 0 Å². The molecule has 4 heterocycles. The Morgan fingerprint density at radius 1 is 0.291 bits per heavy atom. The zero-order valence-corrected chi connectivity index (χ0v) is 30.9. The molecule has 0 aliphatic carbocycles. The molecule has 0 fully saturated rings. The summed E-state index contributed by atoms with van der Waals surface area (Å²) in [4.78, 5) is 0. The Labute approximate surface area is 318 Å². The third kappa shape index (κ3) is 3.64. The van der Waals surface area contributed by atoms with Crippen molar-refractivity contribution in [3.63, 3.8) is 0 Å². The lowest BCUT2D eigenvalue weighted by Gasteiger charge is -2.27. The Balaban J connectivity index is 1.10. The molecular formula is C52H32N2Si. The summed E-state index contributed by atoms with van der Waals surface area (Å²) in [6.07, 6.45) is 0. The van der Waals surface area contributed by atoms with E-state index in [1.807, 2.05) is 0 Å². The molecule has 55 heavy (non-hydrogen) atoms. The van der Waals surface area contributed by atoms with E-state index in [1.165, 1.54) is 109 Å². The third-order valence-corrected chi connectivity index (χ3v) is 17.7. The van der Waals surface area contributed by atoms with Gasteiger partial charge in [-0.15, -0.1) is 0 Å². The minimum Gasteiger partial charge on any atom is -0.309 e. The van der Waals surface area contributed by atoms with Crippen LogP contribution in [0.1, 0.15) is 0 Å². The molecule has 9 aromatic carbocycles.